The predicted octanol–water partition coefficient (Wildman–Crippen LogP) is 3.51. The van der Waals surface area contributed by atoms with E-state index in [-0.39, 0.29) is 49.6 Å². The number of ether oxygens (including phenoxy) is 8. The minimum absolute atomic E-state index is 0.00368. The Balaban J connectivity index is 1.41. The average molecular weight is 561 g/mol. The van der Waals surface area contributed by atoms with Crippen LogP contribution < -0.4 is 37.9 Å². The van der Waals surface area contributed by atoms with Gasteiger partial charge in [-0.1, -0.05) is 6.07 Å². The zero-order chi connectivity index (χ0) is 28.2. The van der Waals surface area contributed by atoms with Crippen molar-refractivity contribution in [3.05, 3.63) is 64.7 Å². The van der Waals surface area contributed by atoms with Crippen LogP contribution in [0.4, 0.5) is 0 Å². The molecule has 41 heavy (non-hydrogen) atoms. The minimum Gasteiger partial charge on any atom is -0.507 e. The maximum atomic E-state index is 13.7. The van der Waals surface area contributed by atoms with Gasteiger partial charge in [-0.2, -0.15) is 0 Å². The van der Waals surface area contributed by atoms with E-state index in [0.29, 0.717) is 45.6 Å². The third-order valence-electron chi connectivity index (χ3n) is 7.29. The van der Waals surface area contributed by atoms with E-state index in [1.165, 1.54) is 19.1 Å². The minimum atomic E-state index is -1.09. The molecule has 0 spiro atoms. The summed E-state index contributed by atoms with van der Waals surface area (Å²) < 4.78 is 44.3. The largest absolute Gasteiger partial charge is 0.507 e. The zero-order valence-corrected chi connectivity index (χ0v) is 21.9. The van der Waals surface area contributed by atoms with Crippen molar-refractivity contribution in [1.82, 2.24) is 4.90 Å². The number of rotatable bonds is 6. The first-order valence-electron chi connectivity index (χ1n) is 12.6. The maximum Gasteiger partial charge on any atom is 0.295 e. The Labute approximate surface area is 233 Å². The van der Waals surface area contributed by atoms with Crippen molar-refractivity contribution in [2.75, 3.05) is 34.6 Å². The van der Waals surface area contributed by atoms with Gasteiger partial charge in [0.2, 0.25) is 31.9 Å². The van der Waals surface area contributed by atoms with Crippen molar-refractivity contribution < 1.29 is 52.6 Å². The standard InChI is InChI=1S/C29H23NO11/c1-34-21-9-16(26(35-2)28-27(21)40-13-41-28)23-22(24(31)15-4-6-18-20(8-15)39-12-37-18)25(32)29(33)30(23)10-14-3-5-17-19(7-14)38-11-36-17/h3-9,23,31H,10-13H2,1-2H3/t23-/m1/s1. The number of Topliss-reactive ketones (excluding diaryl/α,β-unsaturated/α-hetero) is 1. The second-order valence-corrected chi connectivity index (χ2v) is 9.45. The van der Waals surface area contributed by atoms with Gasteiger partial charge in [0.05, 0.1) is 25.8 Å². The van der Waals surface area contributed by atoms with Gasteiger partial charge in [0.15, 0.2) is 34.5 Å². The number of carbonyl (C=O) groups excluding carboxylic acids is 2. The van der Waals surface area contributed by atoms with Crippen LogP contribution in [0, 0.1) is 0 Å². The van der Waals surface area contributed by atoms with Crippen LogP contribution in [-0.4, -0.2) is 56.3 Å². The lowest BCUT2D eigenvalue weighted by molar-refractivity contribution is -0.140. The number of hydrogen-bond donors (Lipinski definition) is 1. The van der Waals surface area contributed by atoms with E-state index in [1.54, 1.807) is 42.5 Å². The predicted molar refractivity (Wildman–Crippen MR) is 139 cm³/mol. The van der Waals surface area contributed by atoms with Gasteiger partial charge in [0, 0.05) is 17.7 Å². The Hall–Kier alpha value is -5.26. The third kappa shape index (κ3) is 3.82. The van der Waals surface area contributed by atoms with Crippen LogP contribution in [0.3, 0.4) is 0 Å². The van der Waals surface area contributed by atoms with Gasteiger partial charge in [-0.15, -0.1) is 0 Å². The van der Waals surface area contributed by atoms with Gasteiger partial charge in [0.1, 0.15) is 5.76 Å². The number of carbonyl (C=O) groups is 2. The number of amides is 1. The number of hydrogen-bond acceptors (Lipinski definition) is 11. The molecule has 12 heteroatoms. The van der Waals surface area contributed by atoms with Gasteiger partial charge >= 0.3 is 0 Å². The van der Waals surface area contributed by atoms with E-state index < -0.39 is 23.5 Å². The molecule has 0 aliphatic carbocycles. The number of likely N-dealkylation sites (tertiary alicyclic amines) is 1. The first kappa shape index (κ1) is 24.8. The van der Waals surface area contributed by atoms with Gasteiger partial charge < -0.3 is 47.9 Å². The van der Waals surface area contributed by atoms with Crippen molar-refractivity contribution in [2.24, 2.45) is 0 Å². The molecule has 1 fully saturated rings. The van der Waals surface area contributed by atoms with E-state index in [1.807, 2.05) is 0 Å². The van der Waals surface area contributed by atoms with Crippen LogP contribution >= 0.6 is 0 Å². The number of benzene rings is 3. The summed E-state index contributed by atoms with van der Waals surface area (Å²) in [5.41, 5.74) is 1.16. The summed E-state index contributed by atoms with van der Waals surface area (Å²) in [6.45, 7) is 0.0600. The van der Waals surface area contributed by atoms with Crippen LogP contribution in [0.15, 0.2) is 48.0 Å². The molecule has 1 N–H and O–H groups in total. The molecule has 0 bridgehead atoms. The quantitative estimate of drug-likeness (QED) is 0.269. The number of aliphatic hydroxyl groups excluding tert-OH is 1. The Kier molecular flexibility index (Phi) is 5.70. The lowest BCUT2D eigenvalue weighted by Crippen LogP contribution is -2.29. The molecule has 1 atom stereocenters. The monoisotopic (exact) mass is 561 g/mol. The SMILES string of the molecule is COc1cc([C@@H]2C(=C(O)c3ccc4c(c3)OCO4)C(=O)C(=O)N2Cc2ccc3c(c2)OCO3)c(OC)c2c1OCO2. The van der Waals surface area contributed by atoms with E-state index in [9.17, 15) is 14.7 Å². The van der Waals surface area contributed by atoms with Crippen LogP contribution in [0.25, 0.3) is 5.76 Å². The first-order valence-corrected chi connectivity index (χ1v) is 12.6. The summed E-state index contributed by atoms with van der Waals surface area (Å²) in [6, 6.07) is 10.5. The summed E-state index contributed by atoms with van der Waals surface area (Å²) in [4.78, 5) is 28.7. The van der Waals surface area contributed by atoms with Crippen molar-refractivity contribution in [1.29, 1.82) is 0 Å². The summed E-state index contributed by atoms with van der Waals surface area (Å²) in [5, 5.41) is 11.6. The average Bonchev–Trinajstić information content (AvgIpc) is 3.79. The number of aliphatic hydroxyl groups is 1. The third-order valence-corrected chi connectivity index (χ3v) is 7.29. The Morgan fingerprint density at radius 3 is 2.22 bits per heavy atom. The first-order chi connectivity index (χ1) is 20.0. The van der Waals surface area contributed by atoms with E-state index in [2.05, 4.69) is 0 Å². The molecule has 3 aromatic carbocycles. The summed E-state index contributed by atoms with van der Waals surface area (Å²) in [5.74, 6) is 1.08. The normalized spacial score (nSPS) is 19.2. The smallest absolute Gasteiger partial charge is 0.295 e. The Morgan fingerprint density at radius 1 is 0.829 bits per heavy atom. The molecular formula is C29H23NO11. The van der Waals surface area contributed by atoms with Crippen LogP contribution in [0.1, 0.15) is 22.7 Å². The summed E-state index contributed by atoms with van der Waals surface area (Å²) in [7, 11) is 2.90. The number of fused-ring (bicyclic) bond motifs is 3. The number of ketones is 1. The maximum absolute atomic E-state index is 13.7. The van der Waals surface area contributed by atoms with Gasteiger partial charge in [-0.3, -0.25) is 9.59 Å². The Bertz CT molecular complexity index is 1650. The molecule has 0 aromatic heterocycles. The highest BCUT2D eigenvalue weighted by Crippen LogP contribution is 2.54. The second kappa shape index (κ2) is 9.44. The summed E-state index contributed by atoms with van der Waals surface area (Å²) >= 11 is 0. The Morgan fingerprint density at radius 2 is 1.49 bits per heavy atom. The van der Waals surface area contributed by atoms with E-state index in [4.69, 9.17) is 37.9 Å². The van der Waals surface area contributed by atoms with Crippen molar-refractivity contribution in [3.63, 3.8) is 0 Å². The fourth-order valence-corrected chi connectivity index (χ4v) is 5.40. The molecule has 0 radical (unpaired) electrons. The van der Waals surface area contributed by atoms with Crippen LogP contribution in [0.2, 0.25) is 0 Å². The van der Waals surface area contributed by atoms with Gasteiger partial charge in [0.25, 0.3) is 11.7 Å². The fraction of sp³-hybridized carbons (Fsp3) is 0.241. The highest BCUT2D eigenvalue weighted by atomic mass is 16.7. The molecule has 0 unspecified atom stereocenters. The number of nitrogens with zero attached hydrogens (tertiary/aromatic N) is 1. The van der Waals surface area contributed by atoms with Gasteiger partial charge in [-0.25, -0.2) is 0 Å². The highest BCUT2D eigenvalue weighted by molar-refractivity contribution is 6.46. The molecule has 12 nitrogen and oxygen atoms in total. The zero-order valence-electron chi connectivity index (χ0n) is 21.9. The van der Waals surface area contributed by atoms with Crippen molar-refractivity contribution in [2.45, 2.75) is 12.6 Å². The molecule has 1 saturated heterocycles. The lowest BCUT2D eigenvalue weighted by atomic mass is 9.93. The van der Waals surface area contributed by atoms with Crippen molar-refractivity contribution in [3.8, 4) is 46.0 Å². The molecule has 210 valence electrons. The van der Waals surface area contributed by atoms with E-state index in [0.717, 1.165) is 0 Å². The van der Waals surface area contributed by atoms with Crippen LogP contribution in [-0.2, 0) is 16.1 Å². The molecule has 4 heterocycles. The molecule has 1 amide bonds. The topological polar surface area (TPSA) is 131 Å². The second-order valence-electron chi connectivity index (χ2n) is 9.45. The molecular weight excluding hydrogens is 538 g/mol. The molecule has 3 aromatic rings. The molecule has 4 aliphatic rings. The molecule has 0 saturated carbocycles. The highest BCUT2D eigenvalue weighted by Gasteiger charge is 2.48. The fourth-order valence-electron chi connectivity index (χ4n) is 5.40. The van der Waals surface area contributed by atoms with Gasteiger partial charge in [-0.05, 0) is 42.0 Å². The molecule has 7 rings (SSSR count). The molecule has 4 aliphatic heterocycles. The summed E-state index contributed by atoms with van der Waals surface area (Å²) in [6.07, 6.45) is 0. The van der Waals surface area contributed by atoms with E-state index >= 15 is 0 Å². The lowest BCUT2D eigenvalue weighted by Gasteiger charge is -2.27. The van der Waals surface area contributed by atoms with Crippen molar-refractivity contribution >= 4 is 17.4 Å². The van der Waals surface area contributed by atoms with Crippen LogP contribution in [0.5, 0.6) is 46.0 Å². The number of methoxy groups -OCH3 is 2.